The number of aryl methyl sites for hydroxylation is 2. The molecule has 0 spiro atoms. The van der Waals surface area contributed by atoms with E-state index in [-0.39, 0.29) is 10.8 Å². The van der Waals surface area contributed by atoms with E-state index in [1.54, 1.807) is 50.2 Å². The lowest BCUT2D eigenvalue weighted by Crippen LogP contribution is -2.31. The first kappa shape index (κ1) is 23.3. The van der Waals surface area contributed by atoms with Crippen molar-refractivity contribution in [3.05, 3.63) is 83.9 Å². The van der Waals surface area contributed by atoms with Gasteiger partial charge in [0.2, 0.25) is 0 Å². The zero-order valence-corrected chi connectivity index (χ0v) is 19.5. The SMILES string of the molecule is CCN(c1ccccc1)S(=O)(=O)c1ccc(NC(=O)C(C)Oc2cc(C)ccc2C)cc1. The molecule has 0 bridgehead atoms. The van der Waals surface area contributed by atoms with Crippen LogP contribution in [0.4, 0.5) is 11.4 Å². The van der Waals surface area contributed by atoms with Crippen molar-refractivity contribution in [2.45, 2.75) is 38.7 Å². The van der Waals surface area contributed by atoms with Crippen molar-refractivity contribution in [3.8, 4) is 5.75 Å². The molecule has 1 amide bonds. The topological polar surface area (TPSA) is 75.7 Å². The second-order valence-electron chi connectivity index (χ2n) is 7.55. The quantitative estimate of drug-likeness (QED) is 0.526. The highest BCUT2D eigenvalue weighted by Crippen LogP contribution is 2.25. The molecule has 6 nitrogen and oxygen atoms in total. The van der Waals surface area contributed by atoms with Gasteiger partial charge in [-0.3, -0.25) is 9.10 Å². The van der Waals surface area contributed by atoms with E-state index in [0.29, 0.717) is 23.7 Å². The maximum atomic E-state index is 13.1. The van der Waals surface area contributed by atoms with Gasteiger partial charge in [-0.05, 0) is 81.3 Å². The summed E-state index contributed by atoms with van der Waals surface area (Å²) in [4.78, 5) is 12.7. The van der Waals surface area contributed by atoms with E-state index in [1.165, 1.54) is 16.4 Å². The van der Waals surface area contributed by atoms with Gasteiger partial charge in [-0.1, -0.05) is 30.3 Å². The normalized spacial score (nSPS) is 12.1. The summed E-state index contributed by atoms with van der Waals surface area (Å²) in [5, 5.41) is 2.78. The molecule has 3 aromatic rings. The number of carbonyl (C=O) groups excluding carboxylic acids is 1. The zero-order chi connectivity index (χ0) is 23.3. The third-order valence-corrected chi connectivity index (χ3v) is 6.98. The average molecular weight is 453 g/mol. The summed E-state index contributed by atoms with van der Waals surface area (Å²) in [6.07, 6.45) is -0.715. The van der Waals surface area contributed by atoms with Gasteiger partial charge in [-0.2, -0.15) is 0 Å². The van der Waals surface area contributed by atoms with Gasteiger partial charge in [0.05, 0.1) is 10.6 Å². The lowest BCUT2D eigenvalue weighted by Gasteiger charge is -2.23. The molecule has 0 aromatic heterocycles. The summed E-state index contributed by atoms with van der Waals surface area (Å²) in [5.74, 6) is 0.343. The van der Waals surface area contributed by atoms with Crippen LogP contribution in [0.15, 0.2) is 77.7 Å². The largest absolute Gasteiger partial charge is 0.481 e. The molecule has 168 valence electrons. The number of carbonyl (C=O) groups is 1. The minimum atomic E-state index is -3.72. The van der Waals surface area contributed by atoms with Gasteiger partial charge in [-0.25, -0.2) is 8.42 Å². The number of ether oxygens (including phenoxy) is 1. The Bertz CT molecular complexity index is 1180. The van der Waals surface area contributed by atoms with E-state index in [9.17, 15) is 13.2 Å². The average Bonchev–Trinajstić information content (AvgIpc) is 2.77. The Labute approximate surface area is 189 Å². The molecule has 0 radical (unpaired) electrons. The summed E-state index contributed by atoms with van der Waals surface area (Å²) in [7, 11) is -3.72. The summed E-state index contributed by atoms with van der Waals surface area (Å²) in [5.41, 5.74) is 3.09. The molecule has 0 aliphatic carbocycles. The van der Waals surface area contributed by atoms with Crippen LogP contribution in [0.2, 0.25) is 0 Å². The van der Waals surface area contributed by atoms with Crippen LogP contribution >= 0.6 is 0 Å². The first-order valence-corrected chi connectivity index (χ1v) is 11.9. The van der Waals surface area contributed by atoms with Crippen LogP contribution in [0.1, 0.15) is 25.0 Å². The number of benzene rings is 3. The second kappa shape index (κ2) is 9.87. The van der Waals surface area contributed by atoms with Gasteiger partial charge in [0.25, 0.3) is 15.9 Å². The third kappa shape index (κ3) is 5.29. The number of amides is 1. The van der Waals surface area contributed by atoms with Crippen LogP contribution in [-0.2, 0) is 14.8 Å². The van der Waals surface area contributed by atoms with Crippen LogP contribution in [0.3, 0.4) is 0 Å². The van der Waals surface area contributed by atoms with Gasteiger partial charge < -0.3 is 10.1 Å². The Morgan fingerprint density at radius 2 is 1.66 bits per heavy atom. The molecule has 0 aliphatic heterocycles. The monoisotopic (exact) mass is 452 g/mol. The van der Waals surface area contributed by atoms with Crippen LogP contribution in [-0.4, -0.2) is 27.0 Å². The van der Waals surface area contributed by atoms with Gasteiger partial charge in [0.15, 0.2) is 6.10 Å². The second-order valence-corrected chi connectivity index (χ2v) is 9.41. The molecule has 0 fully saturated rings. The number of rotatable bonds is 8. The van der Waals surface area contributed by atoms with Crippen molar-refractivity contribution in [1.82, 2.24) is 0 Å². The zero-order valence-electron chi connectivity index (χ0n) is 18.7. The fraction of sp³-hybridized carbons (Fsp3) is 0.240. The van der Waals surface area contributed by atoms with E-state index in [4.69, 9.17) is 4.74 Å². The number of sulfonamides is 1. The predicted molar refractivity (Wildman–Crippen MR) is 128 cm³/mol. The maximum absolute atomic E-state index is 13.1. The molecule has 0 heterocycles. The Hall–Kier alpha value is -3.32. The Balaban J connectivity index is 1.71. The fourth-order valence-electron chi connectivity index (χ4n) is 3.25. The van der Waals surface area contributed by atoms with E-state index >= 15 is 0 Å². The first-order chi connectivity index (χ1) is 15.2. The van der Waals surface area contributed by atoms with Crippen LogP contribution in [0, 0.1) is 13.8 Å². The van der Waals surface area contributed by atoms with Gasteiger partial charge in [0.1, 0.15) is 5.75 Å². The highest BCUT2D eigenvalue weighted by Gasteiger charge is 2.23. The lowest BCUT2D eigenvalue weighted by atomic mass is 10.1. The minimum Gasteiger partial charge on any atom is -0.481 e. The highest BCUT2D eigenvalue weighted by atomic mass is 32.2. The summed E-state index contributed by atoms with van der Waals surface area (Å²) in [6, 6.07) is 20.9. The number of nitrogens with one attached hydrogen (secondary N) is 1. The fourth-order valence-corrected chi connectivity index (χ4v) is 4.72. The summed E-state index contributed by atoms with van der Waals surface area (Å²) >= 11 is 0. The van der Waals surface area contributed by atoms with Gasteiger partial charge in [-0.15, -0.1) is 0 Å². The van der Waals surface area contributed by atoms with Crippen LogP contribution < -0.4 is 14.4 Å². The highest BCUT2D eigenvalue weighted by molar-refractivity contribution is 7.92. The first-order valence-electron chi connectivity index (χ1n) is 10.4. The molecule has 0 aliphatic rings. The van der Waals surface area contributed by atoms with E-state index in [2.05, 4.69) is 5.32 Å². The number of para-hydroxylation sites is 1. The minimum absolute atomic E-state index is 0.154. The van der Waals surface area contributed by atoms with Crippen molar-refractivity contribution in [3.63, 3.8) is 0 Å². The Morgan fingerprint density at radius 1 is 1.00 bits per heavy atom. The van der Waals surface area contributed by atoms with Crippen LogP contribution in [0.5, 0.6) is 5.75 Å². The molecule has 3 rings (SSSR count). The smallest absolute Gasteiger partial charge is 0.265 e. The number of hydrogen-bond acceptors (Lipinski definition) is 4. The molecule has 0 saturated carbocycles. The molecule has 1 atom stereocenters. The van der Waals surface area contributed by atoms with E-state index < -0.39 is 16.1 Å². The maximum Gasteiger partial charge on any atom is 0.265 e. The van der Waals surface area contributed by atoms with Crippen molar-refractivity contribution in [2.75, 3.05) is 16.2 Å². The molecule has 7 heteroatoms. The lowest BCUT2D eigenvalue weighted by molar-refractivity contribution is -0.122. The van der Waals surface area contributed by atoms with Gasteiger partial charge >= 0.3 is 0 Å². The number of anilines is 2. The van der Waals surface area contributed by atoms with Crippen molar-refractivity contribution >= 4 is 27.3 Å². The molecule has 3 aromatic carbocycles. The van der Waals surface area contributed by atoms with Crippen molar-refractivity contribution in [1.29, 1.82) is 0 Å². The third-order valence-electron chi connectivity index (χ3n) is 5.06. The molecular weight excluding hydrogens is 424 g/mol. The predicted octanol–water partition coefficient (Wildman–Crippen LogP) is 4.92. The van der Waals surface area contributed by atoms with Crippen molar-refractivity contribution < 1.29 is 17.9 Å². The molecule has 0 saturated heterocycles. The standard InChI is InChI=1S/C25H28N2O4S/c1-5-27(22-9-7-6-8-10-22)32(29,30)23-15-13-21(14-16-23)26-25(28)20(4)31-24-17-18(2)11-12-19(24)3/h6-17,20H,5H2,1-4H3,(H,26,28). The summed E-state index contributed by atoms with van der Waals surface area (Å²) < 4.78 is 33.3. The van der Waals surface area contributed by atoms with E-state index in [0.717, 1.165) is 11.1 Å². The number of hydrogen-bond donors (Lipinski definition) is 1. The Kier molecular flexibility index (Phi) is 7.20. The molecule has 1 N–H and O–H groups in total. The van der Waals surface area contributed by atoms with E-state index in [1.807, 2.05) is 38.1 Å². The van der Waals surface area contributed by atoms with Crippen molar-refractivity contribution in [2.24, 2.45) is 0 Å². The molecule has 1 unspecified atom stereocenters. The molecule has 32 heavy (non-hydrogen) atoms. The van der Waals surface area contributed by atoms with Crippen LogP contribution in [0.25, 0.3) is 0 Å². The Morgan fingerprint density at radius 3 is 2.28 bits per heavy atom. The summed E-state index contributed by atoms with van der Waals surface area (Å²) in [6.45, 7) is 7.65. The molecular formula is C25H28N2O4S. The number of nitrogens with zero attached hydrogens (tertiary/aromatic N) is 1. The van der Waals surface area contributed by atoms with Gasteiger partial charge in [0, 0.05) is 12.2 Å².